The molecular weight excluding hydrogens is 345 g/mol. The number of hydrogen-bond donors (Lipinski definition) is 2. The fourth-order valence-electron chi connectivity index (χ4n) is 1.76. The van der Waals surface area contributed by atoms with Crippen LogP contribution < -0.4 is 15.4 Å². The molecular formula is C15H19F3N2O5. The van der Waals surface area contributed by atoms with Crippen molar-refractivity contribution in [2.45, 2.75) is 18.9 Å². The number of alkyl halides is 3. The van der Waals surface area contributed by atoms with Gasteiger partial charge >= 0.3 is 18.2 Å². The average molecular weight is 364 g/mol. The summed E-state index contributed by atoms with van der Waals surface area (Å²) in [6.07, 6.45) is -4.80. The first-order valence-electron chi connectivity index (χ1n) is 7.07. The van der Waals surface area contributed by atoms with Crippen LogP contribution in [0.3, 0.4) is 0 Å². The molecule has 7 nitrogen and oxygen atoms in total. The molecule has 1 atom stereocenters. The molecule has 0 radical (unpaired) electrons. The molecule has 0 saturated carbocycles. The average Bonchev–Trinajstić information content (AvgIpc) is 2.53. The Morgan fingerprint density at radius 2 is 1.68 bits per heavy atom. The van der Waals surface area contributed by atoms with Crippen molar-refractivity contribution in [3.05, 3.63) is 24.3 Å². The monoisotopic (exact) mass is 364 g/mol. The summed E-state index contributed by atoms with van der Waals surface area (Å²) < 4.78 is 50.0. The Balaban J connectivity index is 2.56. The minimum Gasteiger partial charge on any atom is -0.406 e. The van der Waals surface area contributed by atoms with E-state index >= 15 is 0 Å². The molecule has 2 amide bonds. The van der Waals surface area contributed by atoms with E-state index in [-0.39, 0.29) is 18.8 Å². The van der Waals surface area contributed by atoms with Crippen molar-refractivity contribution in [2.24, 2.45) is 0 Å². The van der Waals surface area contributed by atoms with Crippen LogP contribution in [0.2, 0.25) is 0 Å². The molecule has 0 fully saturated rings. The van der Waals surface area contributed by atoms with Gasteiger partial charge in [-0.2, -0.15) is 0 Å². The van der Waals surface area contributed by atoms with E-state index in [1.54, 1.807) is 6.92 Å². The summed E-state index contributed by atoms with van der Waals surface area (Å²) in [4.78, 5) is 23.6. The molecule has 0 aliphatic rings. The summed E-state index contributed by atoms with van der Waals surface area (Å²) in [7, 11) is 2.91. The summed E-state index contributed by atoms with van der Waals surface area (Å²) >= 11 is 0. The molecule has 1 rings (SSSR count). The lowest BCUT2D eigenvalue weighted by Crippen LogP contribution is -2.48. The maximum atomic E-state index is 12.1. The van der Waals surface area contributed by atoms with Crippen LogP contribution in [0.5, 0.6) is 5.75 Å². The molecule has 0 bridgehead atoms. The fourth-order valence-corrected chi connectivity index (χ4v) is 1.76. The van der Waals surface area contributed by atoms with Gasteiger partial charge in [0.25, 0.3) is 0 Å². The number of ether oxygens (including phenoxy) is 3. The number of anilines is 1. The van der Waals surface area contributed by atoms with E-state index < -0.39 is 29.5 Å². The molecule has 2 N–H and O–H groups in total. The second kappa shape index (κ2) is 8.67. The van der Waals surface area contributed by atoms with Gasteiger partial charge in [0.1, 0.15) is 11.4 Å². The predicted octanol–water partition coefficient (Wildman–Crippen LogP) is 1.69. The molecule has 0 aliphatic heterocycles. The van der Waals surface area contributed by atoms with Gasteiger partial charge in [0, 0.05) is 26.5 Å². The SMILES string of the molecule is COC[C@](C)(CNC(=O)C(=O)Nc1ccc(OC(F)(F)F)cc1)OC. The Kier molecular flexibility index (Phi) is 7.19. The standard InChI is InChI=1S/C15H19F3N2O5/c1-14(24-3,9-23-2)8-19-12(21)13(22)20-10-4-6-11(7-5-10)25-15(16,17)18/h4-7H,8-9H2,1-3H3,(H,19,21)(H,20,22)/t14-/m0/s1. The Morgan fingerprint density at radius 3 is 2.16 bits per heavy atom. The van der Waals surface area contributed by atoms with Gasteiger partial charge in [-0.25, -0.2) is 0 Å². The van der Waals surface area contributed by atoms with Crippen molar-refractivity contribution in [3.63, 3.8) is 0 Å². The molecule has 0 aromatic heterocycles. The van der Waals surface area contributed by atoms with Crippen LogP contribution in [0.25, 0.3) is 0 Å². The van der Waals surface area contributed by atoms with Gasteiger partial charge in [-0.1, -0.05) is 0 Å². The van der Waals surface area contributed by atoms with Crippen LogP contribution >= 0.6 is 0 Å². The fraction of sp³-hybridized carbons (Fsp3) is 0.467. The number of nitrogens with one attached hydrogen (secondary N) is 2. The second-order valence-corrected chi connectivity index (χ2v) is 5.30. The first-order chi connectivity index (χ1) is 11.6. The van der Waals surface area contributed by atoms with E-state index in [1.165, 1.54) is 26.4 Å². The van der Waals surface area contributed by atoms with Crippen molar-refractivity contribution in [3.8, 4) is 5.75 Å². The number of methoxy groups -OCH3 is 2. The van der Waals surface area contributed by atoms with Gasteiger partial charge in [0.15, 0.2) is 0 Å². The van der Waals surface area contributed by atoms with E-state index in [1.807, 2.05) is 0 Å². The molecule has 1 aromatic carbocycles. The first kappa shape index (κ1) is 20.7. The molecule has 0 saturated heterocycles. The van der Waals surface area contributed by atoms with Crippen molar-refractivity contribution < 1.29 is 37.0 Å². The molecule has 0 heterocycles. The zero-order valence-electron chi connectivity index (χ0n) is 13.9. The zero-order valence-corrected chi connectivity index (χ0v) is 13.9. The number of benzene rings is 1. The smallest absolute Gasteiger partial charge is 0.406 e. The third-order valence-corrected chi connectivity index (χ3v) is 3.12. The molecule has 0 unspecified atom stereocenters. The normalized spacial score (nSPS) is 13.7. The van der Waals surface area contributed by atoms with E-state index in [0.717, 1.165) is 12.1 Å². The van der Waals surface area contributed by atoms with Crippen molar-refractivity contribution in [2.75, 3.05) is 32.7 Å². The molecule has 0 aliphatic carbocycles. The van der Waals surface area contributed by atoms with E-state index in [4.69, 9.17) is 9.47 Å². The third-order valence-electron chi connectivity index (χ3n) is 3.12. The van der Waals surface area contributed by atoms with Crippen LogP contribution in [0.1, 0.15) is 6.92 Å². The quantitative estimate of drug-likeness (QED) is 0.719. The Morgan fingerprint density at radius 1 is 1.08 bits per heavy atom. The number of amides is 2. The molecule has 140 valence electrons. The minimum absolute atomic E-state index is 0.0297. The maximum absolute atomic E-state index is 12.1. The highest BCUT2D eigenvalue weighted by molar-refractivity contribution is 6.39. The van der Waals surface area contributed by atoms with E-state index in [0.29, 0.717) is 0 Å². The lowest BCUT2D eigenvalue weighted by Gasteiger charge is -2.27. The highest BCUT2D eigenvalue weighted by Crippen LogP contribution is 2.23. The number of carbonyl (C=O) groups excluding carboxylic acids is 2. The van der Waals surface area contributed by atoms with Crippen LogP contribution in [0.15, 0.2) is 24.3 Å². The summed E-state index contributed by atoms with van der Waals surface area (Å²) in [5.74, 6) is -2.33. The van der Waals surface area contributed by atoms with Gasteiger partial charge in [0.05, 0.1) is 6.61 Å². The largest absolute Gasteiger partial charge is 0.573 e. The summed E-state index contributed by atoms with van der Waals surface area (Å²) in [6, 6.07) is 4.38. The Bertz CT molecular complexity index is 592. The topological polar surface area (TPSA) is 85.9 Å². The highest BCUT2D eigenvalue weighted by atomic mass is 19.4. The summed E-state index contributed by atoms with van der Waals surface area (Å²) in [5.41, 5.74) is -0.664. The van der Waals surface area contributed by atoms with Gasteiger partial charge < -0.3 is 24.8 Å². The van der Waals surface area contributed by atoms with Crippen LogP contribution in [-0.2, 0) is 19.1 Å². The second-order valence-electron chi connectivity index (χ2n) is 5.30. The first-order valence-corrected chi connectivity index (χ1v) is 7.07. The van der Waals surface area contributed by atoms with E-state index in [2.05, 4.69) is 15.4 Å². The van der Waals surface area contributed by atoms with Gasteiger partial charge in [0.2, 0.25) is 0 Å². The molecule has 1 aromatic rings. The number of carbonyl (C=O) groups is 2. The van der Waals surface area contributed by atoms with Crippen molar-refractivity contribution in [1.29, 1.82) is 0 Å². The van der Waals surface area contributed by atoms with Crippen molar-refractivity contribution >= 4 is 17.5 Å². The number of halogens is 3. The van der Waals surface area contributed by atoms with Gasteiger partial charge in [-0.3, -0.25) is 9.59 Å². The Hall–Kier alpha value is -2.33. The minimum atomic E-state index is -4.80. The molecule has 25 heavy (non-hydrogen) atoms. The van der Waals surface area contributed by atoms with Crippen LogP contribution in [0.4, 0.5) is 18.9 Å². The maximum Gasteiger partial charge on any atom is 0.573 e. The molecule has 10 heteroatoms. The lowest BCUT2D eigenvalue weighted by atomic mass is 10.1. The van der Waals surface area contributed by atoms with Crippen LogP contribution in [-0.4, -0.2) is 51.1 Å². The summed E-state index contributed by atoms with van der Waals surface area (Å²) in [5, 5.41) is 4.65. The number of rotatable bonds is 7. The zero-order chi connectivity index (χ0) is 19.1. The number of hydrogen-bond acceptors (Lipinski definition) is 5. The van der Waals surface area contributed by atoms with E-state index in [9.17, 15) is 22.8 Å². The van der Waals surface area contributed by atoms with Crippen molar-refractivity contribution in [1.82, 2.24) is 5.32 Å². The summed E-state index contributed by atoms with van der Waals surface area (Å²) in [6.45, 7) is 1.92. The molecule has 0 spiro atoms. The van der Waals surface area contributed by atoms with Crippen LogP contribution in [0, 0.1) is 0 Å². The lowest BCUT2D eigenvalue weighted by molar-refractivity contribution is -0.274. The highest BCUT2D eigenvalue weighted by Gasteiger charge is 2.31. The van der Waals surface area contributed by atoms with Gasteiger partial charge in [-0.05, 0) is 31.2 Å². The predicted molar refractivity (Wildman–Crippen MR) is 82.1 cm³/mol. The van der Waals surface area contributed by atoms with Gasteiger partial charge in [-0.15, -0.1) is 13.2 Å². The Labute approximate surface area is 142 Å². The third kappa shape index (κ3) is 7.40.